The molecule has 7 nitrogen and oxygen atoms in total. The summed E-state index contributed by atoms with van der Waals surface area (Å²) in [5.74, 6) is -0.149. The fourth-order valence-electron chi connectivity index (χ4n) is 2.56. The van der Waals surface area contributed by atoms with Crippen molar-refractivity contribution < 1.29 is 14.3 Å². The van der Waals surface area contributed by atoms with Gasteiger partial charge in [-0.1, -0.05) is 22.9 Å². The van der Waals surface area contributed by atoms with Crippen LogP contribution in [0, 0.1) is 0 Å². The van der Waals surface area contributed by atoms with Gasteiger partial charge in [0.2, 0.25) is 5.88 Å². The number of benzene rings is 1. The van der Waals surface area contributed by atoms with Gasteiger partial charge in [-0.15, -0.1) is 5.10 Å². The molecule has 0 fully saturated rings. The summed E-state index contributed by atoms with van der Waals surface area (Å²) in [7, 11) is 3.20. The molecule has 0 atom stereocenters. The first-order chi connectivity index (χ1) is 12.5. The molecule has 1 amide bonds. The van der Waals surface area contributed by atoms with E-state index in [2.05, 4.69) is 10.1 Å². The molecule has 0 unspecified atom stereocenters. The molecule has 9 heteroatoms. The Hall–Kier alpha value is -2.16. The number of carbonyl (C=O) groups is 1. The maximum Gasteiger partial charge on any atom is 0.286 e. The fraction of sp³-hybridized carbons (Fsp3) is 0.353. The molecule has 0 spiro atoms. The Kier molecular flexibility index (Phi) is 5.75. The van der Waals surface area contributed by atoms with Crippen LogP contribution in [0.3, 0.4) is 0 Å². The van der Waals surface area contributed by atoms with Crippen LogP contribution in [0.5, 0.6) is 5.88 Å². The molecule has 2 heterocycles. The van der Waals surface area contributed by atoms with Gasteiger partial charge in [-0.05, 0) is 25.1 Å². The van der Waals surface area contributed by atoms with Crippen LogP contribution in [0.15, 0.2) is 29.4 Å². The summed E-state index contributed by atoms with van der Waals surface area (Å²) in [4.78, 5) is 17.6. The molecular formula is C17H19ClN4O3S. The smallest absolute Gasteiger partial charge is 0.286 e. The molecule has 0 bridgehead atoms. The van der Waals surface area contributed by atoms with E-state index >= 15 is 0 Å². The lowest BCUT2D eigenvalue weighted by molar-refractivity contribution is 0.0993. The molecule has 2 aromatic heterocycles. The Morgan fingerprint density at radius 2 is 2.23 bits per heavy atom. The Balaban J connectivity index is 2.08. The first kappa shape index (κ1) is 18.6. The highest BCUT2D eigenvalue weighted by atomic mass is 35.5. The second kappa shape index (κ2) is 8.03. The first-order valence-electron chi connectivity index (χ1n) is 8.06. The third kappa shape index (κ3) is 3.82. The minimum absolute atomic E-state index is 0.256. The number of amides is 1. The monoisotopic (exact) mass is 394 g/mol. The molecule has 3 rings (SSSR count). The highest BCUT2D eigenvalue weighted by molar-refractivity contribution is 7.16. The van der Waals surface area contributed by atoms with E-state index in [0.29, 0.717) is 35.1 Å². The summed E-state index contributed by atoms with van der Waals surface area (Å²) in [6.07, 6.45) is 1.60. The quantitative estimate of drug-likeness (QED) is 0.603. The van der Waals surface area contributed by atoms with Gasteiger partial charge < -0.3 is 14.0 Å². The van der Waals surface area contributed by atoms with Gasteiger partial charge in [0.1, 0.15) is 5.56 Å². The summed E-state index contributed by atoms with van der Waals surface area (Å²) in [5, 5.41) is 4.74. The van der Waals surface area contributed by atoms with Crippen LogP contribution in [0.2, 0.25) is 5.02 Å². The predicted octanol–water partition coefficient (Wildman–Crippen LogP) is 2.88. The molecule has 0 aliphatic heterocycles. The number of aromatic nitrogens is 3. The highest BCUT2D eigenvalue weighted by Gasteiger charge is 2.17. The first-order valence-corrected chi connectivity index (χ1v) is 9.26. The Labute approximate surface area is 159 Å². The Morgan fingerprint density at radius 3 is 2.96 bits per heavy atom. The maximum atomic E-state index is 12.7. The molecule has 26 heavy (non-hydrogen) atoms. The van der Waals surface area contributed by atoms with Gasteiger partial charge in [0, 0.05) is 31.4 Å². The maximum absolute atomic E-state index is 12.7. The number of fused-ring (bicyclic) bond motifs is 1. The van der Waals surface area contributed by atoms with Crippen molar-refractivity contribution in [2.24, 2.45) is 12.0 Å². The van der Waals surface area contributed by atoms with Crippen molar-refractivity contribution in [1.82, 2.24) is 14.3 Å². The average molecular weight is 395 g/mol. The predicted molar refractivity (Wildman–Crippen MR) is 101 cm³/mol. The zero-order chi connectivity index (χ0) is 18.7. The summed E-state index contributed by atoms with van der Waals surface area (Å²) < 4.78 is 15.1. The van der Waals surface area contributed by atoms with Crippen LogP contribution in [0.25, 0.3) is 10.2 Å². The third-order valence-electron chi connectivity index (χ3n) is 3.72. The lowest BCUT2D eigenvalue weighted by Crippen LogP contribution is -2.19. The van der Waals surface area contributed by atoms with E-state index in [9.17, 15) is 4.79 Å². The number of halogens is 1. The van der Waals surface area contributed by atoms with Crippen LogP contribution < -0.4 is 9.54 Å². The number of ether oxygens (including phenoxy) is 2. The van der Waals surface area contributed by atoms with Crippen molar-refractivity contribution in [1.29, 1.82) is 0 Å². The van der Waals surface area contributed by atoms with Crippen LogP contribution in [0.4, 0.5) is 0 Å². The normalized spacial score (nSPS) is 12.1. The molecule has 0 aliphatic carbocycles. The summed E-state index contributed by atoms with van der Waals surface area (Å²) in [6.45, 7) is 3.70. The molecule has 0 radical (unpaired) electrons. The van der Waals surface area contributed by atoms with E-state index < -0.39 is 5.91 Å². The topological polar surface area (TPSA) is 70.6 Å². The fourth-order valence-corrected chi connectivity index (χ4v) is 3.89. The molecule has 3 aromatic rings. The van der Waals surface area contributed by atoms with E-state index in [1.807, 2.05) is 29.7 Å². The van der Waals surface area contributed by atoms with E-state index in [0.717, 1.165) is 10.2 Å². The lowest BCUT2D eigenvalue weighted by atomic mass is 10.3. The van der Waals surface area contributed by atoms with E-state index in [-0.39, 0.29) is 5.88 Å². The number of methoxy groups -OCH3 is 1. The minimum Gasteiger partial charge on any atom is -0.479 e. The standard InChI is InChI=1S/C17H19ClN4O3S/c1-4-25-8-7-22-13-6-5-11(18)9-14(13)26-17(22)19-15(23)12-10-21(2)20-16(12)24-3/h5-6,9-10H,4,7-8H2,1-3H3. The number of rotatable bonds is 6. The molecule has 1 aromatic carbocycles. The van der Waals surface area contributed by atoms with Crippen molar-refractivity contribution >= 4 is 39.1 Å². The molecule has 0 N–H and O–H groups in total. The number of hydrogen-bond acceptors (Lipinski definition) is 5. The molecule has 138 valence electrons. The van der Waals surface area contributed by atoms with Gasteiger partial charge in [-0.25, -0.2) is 0 Å². The van der Waals surface area contributed by atoms with E-state index in [1.54, 1.807) is 13.2 Å². The van der Waals surface area contributed by atoms with Gasteiger partial charge in [0.25, 0.3) is 5.91 Å². The number of aryl methyl sites for hydroxylation is 1. The zero-order valence-electron chi connectivity index (χ0n) is 14.7. The summed E-state index contributed by atoms with van der Waals surface area (Å²) in [6, 6.07) is 5.62. The molecular weight excluding hydrogens is 376 g/mol. The van der Waals surface area contributed by atoms with Gasteiger partial charge in [-0.3, -0.25) is 9.48 Å². The largest absolute Gasteiger partial charge is 0.479 e. The third-order valence-corrected chi connectivity index (χ3v) is 5.00. The number of thiazole rings is 1. The van der Waals surface area contributed by atoms with E-state index in [4.69, 9.17) is 21.1 Å². The number of carbonyl (C=O) groups excluding carboxylic acids is 1. The van der Waals surface area contributed by atoms with Crippen LogP contribution in [-0.2, 0) is 18.3 Å². The van der Waals surface area contributed by atoms with Gasteiger partial charge in [0.05, 0.1) is 23.9 Å². The SMILES string of the molecule is CCOCCn1c(=NC(=O)c2cn(C)nc2OC)sc2cc(Cl)ccc21. The number of nitrogens with zero attached hydrogens (tertiary/aromatic N) is 4. The second-order valence-corrected chi connectivity index (χ2v) is 6.93. The zero-order valence-corrected chi connectivity index (χ0v) is 16.3. The van der Waals surface area contributed by atoms with E-state index in [1.165, 1.54) is 23.1 Å². The van der Waals surface area contributed by atoms with Crippen molar-refractivity contribution in [3.8, 4) is 5.88 Å². The van der Waals surface area contributed by atoms with Crippen molar-refractivity contribution in [2.75, 3.05) is 20.3 Å². The van der Waals surface area contributed by atoms with Crippen LogP contribution in [0.1, 0.15) is 17.3 Å². The second-order valence-electron chi connectivity index (χ2n) is 5.49. The summed E-state index contributed by atoms with van der Waals surface area (Å²) in [5.41, 5.74) is 1.28. The molecule has 0 saturated heterocycles. The van der Waals surface area contributed by atoms with Gasteiger partial charge in [0.15, 0.2) is 4.80 Å². The van der Waals surface area contributed by atoms with Crippen LogP contribution in [-0.4, -0.2) is 40.6 Å². The molecule has 0 aliphatic rings. The number of hydrogen-bond donors (Lipinski definition) is 0. The van der Waals surface area contributed by atoms with Crippen molar-refractivity contribution in [3.63, 3.8) is 0 Å². The van der Waals surface area contributed by atoms with Crippen molar-refractivity contribution in [2.45, 2.75) is 13.5 Å². The highest BCUT2D eigenvalue weighted by Crippen LogP contribution is 2.22. The van der Waals surface area contributed by atoms with Gasteiger partial charge >= 0.3 is 0 Å². The summed E-state index contributed by atoms with van der Waals surface area (Å²) >= 11 is 7.51. The minimum atomic E-state index is -0.405. The Morgan fingerprint density at radius 1 is 1.42 bits per heavy atom. The average Bonchev–Trinajstić information content (AvgIpc) is 3.15. The van der Waals surface area contributed by atoms with Crippen LogP contribution >= 0.6 is 22.9 Å². The Bertz CT molecular complexity index is 1010. The molecule has 0 saturated carbocycles. The van der Waals surface area contributed by atoms with Crippen molar-refractivity contribution in [3.05, 3.63) is 39.8 Å². The van der Waals surface area contributed by atoms with Gasteiger partial charge in [-0.2, -0.15) is 4.99 Å². The lowest BCUT2D eigenvalue weighted by Gasteiger charge is -2.05.